The molecule has 0 radical (unpaired) electrons. The minimum Gasteiger partial charge on any atom is -0.486 e. The van der Waals surface area contributed by atoms with Crippen LogP contribution in [0.4, 0.5) is 0 Å². The maximum atomic E-state index is 9.74. The lowest BCUT2D eigenvalue weighted by molar-refractivity contribution is 0.115. The average molecular weight is 366 g/mol. The van der Waals surface area contributed by atoms with Gasteiger partial charge in [-0.1, -0.05) is 32.0 Å². The van der Waals surface area contributed by atoms with Crippen LogP contribution in [0.3, 0.4) is 0 Å². The molecule has 1 N–H and O–H groups in total. The van der Waals surface area contributed by atoms with E-state index in [1.807, 2.05) is 18.2 Å². The minimum atomic E-state index is -2.16. The van der Waals surface area contributed by atoms with Crippen molar-refractivity contribution >= 4 is 8.32 Å². The van der Waals surface area contributed by atoms with Gasteiger partial charge in [-0.05, 0) is 41.4 Å². The quantitative estimate of drug-likeness (QED) is 0.354. The summed E-state index contributed by atoms with van der Waals surface area (Å²) >= 11 is 0. The molecule has 0 bridgehead atoms. The van der Waals surface area contributed by atoms with E-state index in [-0.39, 0.29) is 11.6 Å². The van der Waals surface area contributed by atoms with Crippen LogP contribution in [0.1, 0.15) is 32.4 Å². The number of fused-ring (bicyclic) bond motifs is 1. The summed E-state index contributed by atoms with van der Waals surface area (Å²) in [6.45, 7) is 11.4. The summed E-state index contributed by atoms with van der Waals surface area (Å²) < 4.78 is 17.7. The molecule has 0 spiro atoms. The Morgan fingerprint density at radius 1 is 1.28 bits per heavy atom. The van der Waals surface area contributed by atoms with Crippen molar-refractivity contribution in [2.24, 2.45) is 5.11 Å². The molecule has 0 fully saturated rings. The minimum absolute atomic E-state index is 0.0184. The van der Waals surface area contributed by atoms with Gasteiger partial charge in [0.05, 0.1) is 18.8 Å². The summed E-state index contributed by atoms with van der Waals surface area (Å²) in [6, 6.07) is 4.85. The van der Waals surface area contributed by atoms with E-state index in [4.69, 9.17) is 19.4 Å². The van der Waals surface area contributed by atoms with Gasteiger partial charge >= 0.3 is 0 Å². The number of aliphatic hydroxyl groups is 1. The highest BCUT2D eigenvalue weighted by Gasteiger charge is 2.41. The average Bonchev–Trinajstić information content (AvgIpc) is 2.56. The fourth-order valence-corrected chi connectivity index (χ4v) is 3.64. The number of aliphatic hydroxyl groups excluding tert-OH is 1. The Morgan fingerprint density at radius 3 is 2.48 bits per heavy atom. The highest BCUT2D eigenvalue weighted by Crippen LogP contribution is 2.42. The van der Waals surface area contributed by atoms with Gasteiger partial charge in [0, 0.05) is 4.91 Å². The molecular weight excluding hydrogens is 338 g/mol. The van der Waals surface area contributed by atoms with Gasteiger partial charge in [0.25, 0.3) is 0 Å². The van der Waals surface area contributed by atoms with Crippen LogP contribution < -0.4 is 9.47 Å². The lowest BCUT2D eigenvalue weighted by atomic mass is 10.0. The molecular formula is C17H27N3O4Si. The van der Waals surface area contributed by atoms with Gasteiger partial charge in [-0.25, -0.2) is 0 Å². The van der Waals surface area contributed by atoms with Crippen LogP contribution in [0.25, 0.3) is 10.4 Å². The number of azide groups is 1. The Balaban J connectivity index is 2.42. The topological polar surface area (TPSA) is 96.7 Å². The van der Waals surface area contributed by atoms with Gasteiger partial charge in [-0.3, -0.25) is 0 Å². The second-order valence-electron chi connectivity index (χ2n) is 7.66. The molecule has 1 heterocycles. The van der Waals surface area contributed by atoms with Gasteiger partial charge in [0.15, 0.2) is 19.8 Å². The summed E-state index contributed by atoms with van der Waals surface area (Å²) in [4.78, 5) is 2.88. The monoisotopic (exact) mass is 365 g/mol. The third kappa shape index (κ3) is 4.46. The van der Waals surface area contributed by atoms with Crippen molar-refractivity contribution in [3.63, 3.8) is 0 Å². The van der Waals surface area contributed by atoms with Crippen molar-refractivity contribution in [1.82, 2.24) is 0 Å². The van der Waals surface area contributed by atoms with E-state index >= 15 is 0 Å². The first-order chi connectivity index (χ1) is 11.7. The molecule has 0 aliphatic carbocycles. The summed E-state index contributed by atoms with van der Waals surface area (Å²) in [5.74, 6) is 1.33. The van der Waals surface area contributed by atoms with E-state index in [2.05, 4.69) is 43.9 Å². The van der Waals surface area contributed by atoms with Crippen LogP contribution in [0, 0.1) is 0 Å². The Labute approximate surface area is 149 Å². The summed E-state index contributed by atoms with van der Waals surface area (Å²) in [5, 5.41) is 13.5. The molecule has 2 atom stereocenters. The number of hydrogen-bond donors (Lipinski definition) is 1. The number of ether oxygens (including phenoxy) is 2. The van der Waals surface area contributed by atoms with E-state index in [1.54, 1.807) is 0 Å². The fraction of sp³-hybridized carbons (Fsp3) is 0.647. The van der Waals surface area contributed by atoms with Crippen LogP contribution in [0.5, 0.6) is 11.5 Å². The molecule has 0 amide bonds. The van der Waals surface area contributed by atoms with Gasteiger partial charge in [-0.15, -0.1) is 0 Å². The third-order valence-corrected chi connectivity index (χ3v) is 9.31. The number of hydrogen-bond acceptors (Lipinski definition) is 5. The standard InChI is InChI=1S/C17H27N3O4Si/c1-17(2,3)25(4,5)24-16(13(11-21)19-20-18)12-6-7-14-15(10-12)23-9-8-22-14/h6-7,10,13,16,21H,8-9,11H2,1-5H3. The molecule has 8 heteroatoms. The lowest BCUT2D eigenvalue weighted by Crippen LogP contribution is -2.44. The van der Waals surface area contributed by atoms with E-state index in [1.165, 1.54) is 0 Å². The molecule has 1 aliphatic rings. The van der Waals surface area contributed by atoms with E-state index in [0.29, 0.717) is 24.7 Å². The van der Waals surface area contributed by atoms with Crippen LogP contribution >= 0.6 is 0 Å². The molecule has 7 nitrogen and oxygen atoms in total. The lowest BCUT2D eigenvalue weighted by Gasteiger charge is -2.40. The maximum Gasteiger partial charge on any atom is 0.192 e. The van der Waals surface area contributed by atoms with Crippen LogP contribution in [0.15, 0.2) is 23.3 Å². The predicted molar refractivity (Wildman–Crippen MR) is 98.5 cm³/mol. The Kier molecular flexibility index (Phi) is 6.00. The van der Waals surface area contributed by atoms with Gasteiger partial charge in [0.2, 0.25) is 0 Å². The van der Waals surface area contributed by atoms with Crippen LogP contribution in [0.2, 0.25) is 18.1 Å². The van der Waals surface area contributed by atoms with Crippen molar-refractivity contribution in [3.05, 3.63) is 34.2 Å². The first-order valence-electron chi connectivity index (χ1n) is 8.42. The molecule has 1 aromatic carbocycles. The van der Waals surface area contributed by atoms with Gasteiger partial charge in [-0.2, -0.15) is 0 Å². The van der Waals surface area contributed by atoms with Gasteiger partial charge < -0.3 is 19.0 Å². The predicted octanol–water partition coefficient (Wildman–Crippen LogP) is 4.19. The van der Waals surface area contributed by atoms with Gasteiger partial charge in [0.1, 0.15) is 13.2 Å². The van der Waals surface area contributed by atoms with Crippen LogP contribution in [-0.4, -0.2) is 39.3 Å². The Bertz CT molecular complexity index is 654. The van der Waals surface area contributed by atoms with Crippen molar-refractivity contribution in [2.75, 3.05) is 19.8 Å². The smallest absolute Gasteiger partial charge is 0.192 e. The molecule has 1 aliphatic heterocycles. The second kappa shape index (κ2) is 7.66. The van der Waals surface area contributed by atoms with Crippen molar-refractivity contribution in [1.29, 1.82) is 0 Å². The molecule has 2 rings (SSSR count). The largest absolute Gasteiger partial charge is 0.486 e. The fourth-order valence-electron chi connectivity index (χ4n) is 2.36. The van der Waals surface area contributed by atoms with E-state index in [0.717, 1.165) is 5.56 Å². The molecule has 25 heavy (non-hydrogen) atoms. The zero-order valence-corrected chi connectivity index (χ0v) is 16.5. The van der Waals surface area contributed by atoms with Crippen LogP contribution in [-0.2, 0) is 4.43 Å². The summed E-state index contributed by atoms with van der Waals surface area (Å²) in [7, 11) is -2.16. The zero-order valence-electron chi connectivity index (χ0n) is 15.5. The molecule has 0 saturated carbocycles. The normalized spacial score (nSPS) is 16.7. The maximum absolute atomic E-state index is 9.74. The SMILES string of the molecule is CC(C)(C)[Si](C)(C)OC(c1ccc2c(c1)OCCO2)C(CO)N=[N+]=[N-]. The molecule has 0 aromatic heterocycles. The highest BCUT2D eigenvalue weighted by atomic mass is 28.4. The highest BCUT2D eigenvalue weighted by molar-refractivity contribution is 6.74. The molecule has 138 valence electrons. The van der Waals surface area contributed by atoms with Crippen molar-refractivity contribution in [3.8, 4) is 11.5 Å². The second-order valence-corrected chi connectivity index (χ2v) is 12.4. The van der Waals surface area contributed by atoms with Crippen molar-refractivity contribution in [2.45, 2.75) is 51.0 Å². The first kappa shape index (κ1) is 19.6. The molecule has 2 unspecified atom stereocenters. The number of benzene rings is 1. The first-order valence-corrected chi connectivity index (χ1v) is 11.3. The molecule has 1 aromatic rings. The summed E-state index contributed by atoms with van der Waals surface area (Å²) in [5.41, 5.74) is 9.68. The Hall–Kier alpha value is -1.73. The van der Waals surface area contributed by atoms with E-state index < -0.39 is 20.5 Å². The number of nitrogens with zero attached hydrogens (tertiary/aromatic N) is 3. The third-order valence-electron chi connectivity index (χ3n) is 4.86. The zero-order chi connectivity index (χ0) is 18.7. The Morgan fingerprint density at radius 2 is 1.92 bits per heavy atom. The van der Waals surface area contributed by atoms with E-state index in [9.17, 15) is 5.11 Å². The number of rotatable bonds is 6. The molecule has 0 saturated heterocycles. The summed E-state index contributed by atoms with van der Waals surface area (Å²) in [6.07, 6.45) is -0.544. The van der Waals surface area contributed by atoms with Crippen molar-refractivity contribution < 1.29 is 19.0 Å².